The molecule has 1 fully saturated rings. The molecule has 2 aliphatic rings. The monoisotopic (exact) mass is 523 g/mol. The van der Waals surface area contributed by atoms with E-state index in [1.807, 2.05) is 49.8 Å². The number of hydrogen-bond acceptors (Lipinski definition) is 7. The van der Waals surface area contributed by atoms with Crippen LogP contribution in [0.25, 0.3) is 0 Å². The molecular formula is C26H29N5O3S2. The van der Waals surface area contributed by atoms with E-state index in [1.54, 1.807) is 11.3 Å². The van der Waals surface area contributed by atoms with Crippen LogP contribution in [0.2, 0.25) is 0 Å². The number of hydrogen-bond donors (Lipinski definition) is 2. The summed E-state index contributed by atoms with van der Waals surface area (Å²) in [5, 5.41) is 9.91. The second-order valence-corrected chi connectivity index (χ2v) is 10.4. The molecule has 0 aliphatic carbocycles. The van der Waals surface area contributed by atoms with Gasteiger partial charge in [0.1, 0.15) is 5.69 Å². The number of rotatable bonds is 6. The number of aromatic nitrogens is 1. The molecule has 0 radical (unpaired) electrons. The van der Waals surface area contributed by atoms with Gasteiger partial charge in [0.2, 0.25) is 6.79 Å². The van der Waals surface area contributed by atoms with Gasteiger partial charge < -0.3 is 29.9 Å². The maximum atomic E-state index is 12.7. The highest BCUT2D eigenvalue weighted by Gasteiger charge is 2.25. The van der Waals surface area contributed by atoms with E-state index in [0.717, 1.165) is 58.7 Å². The van der Waals surface area contributed by atoms with Gasteiger partial charge in [-0.05, 0) is 67.0 Å². The highest BCUT2D eigenvalue weighted by atomic mass is 32.1. The van der Waals surface area contributed by atoms with Gasteiger partial charge in [0.15, 0.2) is 16.6 Å². The van der Waals surface area contributed by atoms with Gasteiger partial charge in [0, 0.05) is 56.4 Å². The molecule has 0 bridgehead atoms. The van der Waals surface area contributed by atoms with Crippen LogP contribution in [0.1, 0.15) is 39.8 Å². The number of nitrogens with zero attached hydrogens (tertiary/aromatic N) is 3. The molecule has 36 heavy (non-hydrogen) atoms. The number of carbonyl (C=O) groups is 1. The lowest BCUT2D eigenvalue weighted by Gasteiger charge is -2.33. The minimum atomic E-state index is -0.168. The Balaban J connectivity index is 1.10. The Morgan fingerprint density at radius 1 is 1.14 bits per heavy atom. The van der Waals surface area contributed by atoms with Crippen molar-refractivity contribution in [1.82, 2.24) is 15.2 Å². The fraction of sp³-hybridized carbons (Fsp3) is 0.346. The van der Waals surface area contributed by atoms with Crippen molar-refractivity contribution in [2.24, 2.45) is 0 Å². The Kier molecular flexibility index (Phi) is 7.24. The predicted octanol–water partition coefficient (Wildman–Crippen LogP) is 4.44. The minimum Gasteiger partial charge on any atom is -0.454 e. The molecule has 10 heteroatoms. The first-order chi connectivity index (χ1) is 17.5. The molecule has 0 unspecified atom stereocenters. The third-order valence-corrected chi connectivity index (χ3v) is 7.78. The quantitative estimate of drug-likeness (QED) is 0.459. The van der Waals surface area contributed by atoms with Gasteiger partial charge >= 0.3 is 0 Å². The van der Waals surface area contributed by atoms with E-state index in [2.05, 4.69) is 37.6 Å². The Morgan fingerprint density at radius 3 is 2.64 bits per heavy atom. The van der Waals surface area contributed by atoms with E-state index in [4.69, 9.17) is 21.7 Å². The summed E-state index contributed by atoms with van der Waals surface area (Å²) in [6, 6.07) is 13.9. The van der Waals surface area contributed by atoms with Crippen LogP contribution in [0, 0.1) is 0 Å². The van der Waals surface area contributed by atoms with Crippen LogP contribution in [0.15, 0.2) is 47.8 Å². The molecule has 1 amide bonds. The van der Waals surface area contributed by atoms with Crippen molar-refractivity contribution in [1.29, 1.82) is 0 Å². The number of thiazole rings is 1. The van der Waals surface area contributed by atoms with E-state index in [-0.39, 0.29) is 12.7 Å². The lowest BCUT2D eigenvalue weighted by atomic mass is 9.98. The summed E-state index contributed by atoms with van der Waals surface area (Å²) >= 11 is 7.21. The summed E-state index contributed by atoms with van der Waals surface area (Å²) in [4.78, 5) is 21.6. The number of ether oxygens (including phenoxy) is 2. The molecule has 8 nitrogen and oxygen atoms in total. The van der Waals surface area contributed by atoms with Gasteiger partial charge in [-0.3, -0.25) is 4.79 Å². The van der Waals surface area contributed by atoms with Crippen LogP contribution in [0.5, 0.6) is 11.5 Å². The van der Waals surface area contributed by atoms with E-state index in [1.165, 1.54) is 0 Å². The number of anilines is 2. The summed E-state index contributed by atoms with van der Waals surface area (Å²) < 4.78 is 10.7. The van der Waals surface area contributed by atoms with Crippen molar-refractivity contribution >= 4 is 45.9 Å². The molecule has 188 valence electrons. The van der Waals surface area contributed by atoms with Crippen LogP contribution in [0.4, 0.5) is 11.4 Å². The second-order valence-electron chi connectivity index (χ2n) is 9.07. The summed E-state index contributed by atoms with van der Waals surface area (Å²) in [5.41, 5.74) is 3.56. The highest BCUT2D eigenvalue weighted by molar-refractivity contribution is 7.80. The van der Waals surface area contributed by atoms with Crippen molar-refractivity contribution < 1.29 is 14.3 Å². The van der Waals surface area contributed by atoms with Crippen LogP contribution < -0.4 is 25.0 Å². The maximum Gasteiger partial charge on any atom is 0.271 e. The largest absolute Gasteiger partial charge is 0.454 e. The number of amides is 1. The summed E-state index contributed by atoms with van der Waals surface area (Å²) in [5.74, 6) is 1.61. The number of thiocarbonyl (C=S) groups is 1. The van der Waals surface area contributed by atoms with Gasteiger partial charge in [-0.1, -0.05) is 6.07 Å². The molecular weight excluding hydrogens is 494 g/mol. The van der Waals surface area contributed by atoms with E-state index in [0.29, 0.717) is 23.9 Å². The molecule has 1 aromatic heterocycles. The lowest BCUT2D eigenvalue weighted by molar-refractivity contribution is 0.0946. The fourth-order valence-corrected chi connectivity index (χ4v) is 5.55. The fourth-order valence-electron chi connectivity index (χ4n) is 4.28. The van der Waals surface area contributed by atoms with Gasteiger partial charge in [0.05, 0.1) is 5.01 Å². The number of nitrogens with one attached hydrogen (secondary N) is 2. The first kappa shape index (κ1) is 24.3. The van der Waals surface area contributed by atoms with E-state index < -0.39 is 0 Å². The maximum absolute atomic E-state index is 12.7. The summed E-state index contributed by atoms with van der Waals surface area (Å²) in [6.07, 6.45) is 1.90. The van der Waals surface area contributed by atoms with Crippen molar-refractivity contribution in [3.05, 3.63) is 64.1 Å². The van der Waals surface area contributed by atoms with Crippen LogP contribution >= 0.6 is 23.6 Å². The summed E-state index contributed by atoms with van der Waals surface area (Å²) in [7, 11) is 4.05. The average Bonchev–Trinajstić information content (AvgIpc) is 3.57. The average molecular weight is 524 g/mol. The number of piperidine rings is 1. The zero-order chi connectivity index (χ0) is 25.1. The smallest absolute Gasteiger partial charge is 0.271 e. The van der Waals surface area contributed by atoms with Gasteiger partial charge in [0.25, 0.3) is 5.91 Å². The lowest BCUT2D eigenvalue weighted by Crippen LogP contribution is -2.40. The van der Waals surface area contributed by atoms with E-state index in [9.17, 15) is 4.79 Å². The molecule has 0 atom stereocenters. The van der Waals surface area contributed by atoms with Crippen LogP contribution in [-0.4, -0.2) is 54.9 Å². The highest BCUT2D eigenvalue weighted by Crippen LogP contribution is 2.33. The predicted molar refractivity (Wildman–Crippen MR) is 146 cm³/mol. The normalized spacial score (nSPS) is 15.0. The van der Waals surface area contributed by atoms with Gasteiger partial charge in [-0.15, -0.1) is 11.3 Å². The molecule has 0 spiro atoms. The van der Waals surface area contributed by atoms with Crippen molar-refractivity contribution in [2.75, 3.05) is 44.2 Å². The molecule has 3 aromatic rings. The SMILES string of the molecule is CN(C)c1ccc(NC(=S)N2CCC(c3nc(C(=O)NCc4ccc5c(c4)OCO5)cs3)CC2)cc1. The topological polar surface area (TPSA) is 79.0 Å². The molecule has 2 aliphatic heterocycles. The van der Waals surface area contributed by atoms with Crippen molar-refractivity contribution in [3.8, 4) is 11.5 Å². The van der Waals surface area contributed by atoms with Crippen LogP contribution in [-0.2, 0) is 6.54 Å². The van der Waals surface area contributed by atoms with Crippen molar-refractivity contribution in [2.45, 2.75) is 25.3 Å². The molecule has 1 saturated heterocycles. The first-order valence-corrected chi connectivity index (χ1v) is 13.2. The molecule has 2 N–H and O–H groups in total. The molecule has 5 rings (SSSR count). The zero-order valence-electron chi connectivity index (χ0n) is 20.3. The first-order valence-electron chi connectivity index (χ1n) is 11.9. The number of carbonyl (C=O) groups excluding carboxylic acids is 1. The zero-order valence-corrected chi connectivity index (χ0v) is 22.0. The third-order valence-electron chi connectivity index (χ3n) is 6.41. The number of fused-ring (bicyclic) bond motifs is 1. The molecule has 0 saturated carbocycles. The standard InChI is InChI=1S/C26H29N5O3S2/c1-30(2)20-6-4-19(5-7-20)28-26(35)31-11-9-18(10-12-31)25-29-21(15-36-25)24(32)27-14-17-3-8-22-23(13-17)34-16-33-22/h3-8,13,15,18H,9-12,14,16H2,1-2H3,(H,27,32)(H,28,35). The Bertz CT molecular complexity index is 1240. The second kappa shape index (κ2) is 10.7. The summed E-state index contributed by atoms with van der Waals surface area (Å²) in [6.45, 7) is 2.36. The van der Waals surface area contributed by atoms with Gasteiger partial charge in [-0.2, -0.15) is 0 Å². The van der Waals surface area contributed by atoms with E-state index >= 15 is 0 Å². The minimum absolute atomic E-state index is 0.168. The third kappa shape index (κ3) is 5.55. The molecule has 3 heterocycles. The van der Waals surface area contributed by atoms with Crippen molar-refractivity contribution in [3.63, 3.8) is 0 Å². The number of likely N-dealkylation sites (tertiary alicyclic amines) is 1. The van der Waals surface area contributed by atoms with Crippen LogP contribution in [0.3, 0.4) is 0 Å². The number of benzene rings is 2. The Morgan fingerprint density at radius 2 is 1.89 bits per heavy atom. The molecule has 2 aromatic carbocycles. The Labute approximate surface area is 220 Å². The Hall–Kier alpha value is -3.37. The van der Waals surface area contributed by atoms with Gasteiger partial charge in [-0.25, -0.2) is 4.98 Å².